The number of thioether (sulfide) groups is 1. The Balaban J connectivity index is 2.04. The molecule has 2 fully saturated rings. The van der Waals surface area contributed by atoms with Gasteiger partial charge in [-0.25, -0.2) is 18.0 Å². The van der Waals surface area contributed by atoms with Gasteiger partial charge in [0.2, 0.25) is 0 Å². The number of carbonyl (C=O) groups is 2. The van der Waals surface area contributed by atoms with Crippen LogP contribution < -0.4 is 5.32 Å². The number of carbonyl (C=O) groups excluding carboxylic acids is 1. The van der Waals surface area contributed by atoms with Gasteiger partial charge in [-0.1, -0.05) is 0 Å². The number of hydrogen-bond acceptors (Lipinski definition) is 5. The van der Waals surface area contributed by atoms with Crippen molar-refractivity contribution >= 4 is 33.6 Å². The Morgan fingerprint density at radius 1 is 1.47 bits per heavy atom. The number of amides is 2. The molecule has 2 rings (SSSR count). The number of sulfone groups is 1. The molecule has 0 aromatic rings. The zero-order chi connectivity index (χ0) is 14.3. The summed E-state index contributed by atoms with van der Waals surface area (Å²) in [5.41, 5.74) is -0.799. The van der Waals surface area contributed by atoms with E-state index < -0.39 is 33.4 Å². The lowest BCUT2D eigenvalue weighted by Gasteiger charge is -2.29. The number of nitrogens with zero attached hydrogens (tertiary/aromatic N) is 1. The normalized spacial score (nSPS) is 33.3. The molecule has 0 radical (unpaired) electrons. The van der Waals surface area contributed by atoms with Crippen molar-refractivity contribution in [2.24, 2.45) is 0 Å². The molecule has 108 valence electrons. The Morgan fingerprint density at radius 3 is 2.68 bits per heavy atom. The van der Waals surface area contributed by atoms with E-state index in [4.69, 9.17) is 5.11 Å². The molecule has 2 amide bonds. The molecule has 19 heavy (non-hydrogen) atoms. The number of carboxylic acids is 1. The van der Waals surface area contributed by atoms with Gasteiger partial charge in [-0.15, -0.1) is 11.8 Å². The number of aliphatic carboxylic acids is 1. The molecular formula is C10H16N2O5S2. The molecule has 1 unspecified atom stereocenters. The van der Waals surface area contributed by atoms with Crippen molar-refractivity contribution in [3.63, 3.8) is 0 Å². The maximum absolute atomic E-state index is 12.1. The van der Waals surface area contributed by atoms with Crippen LogP contribution in [0, 0.1) is 0 Å². The first-order valence-corrected chi connectivity index (χ1v) is 8.80. The fourth-order valence-electron chi connectivity index (χ4n) is 2.29. The van der Waals surface area contributed by atoms with Crippen molar-refractivity contribution < 1.29 is 23.1 Å². The third-order valence-electron chi connectivity index (χ3n) is 3.34. The lowest BCUT2D eigenvalue weighted by molar-refractivity contribution is -0.140. The van der Waals surface area contributed by atoms with Crippen molar-refractivity contribution in [3.8, 4) is 0 Å². The van der Waals surface area contributed by atoms with Crippen LogP contribution >= 0.6 is 11.8 Å². The molecule has 9 heteroatoms. The van der Waals surface area contributed by atoms with Crippen LogP contribution in [-0.2, 0) is 14.6 Å². The highest BCUT2D eigenvalue weighted by molar-refractivity contribution is 7.99. The van der Waals surface area contributed by atoms with Gasteiger partial charge in [0.05, 0.1) is 22.9 Å². The van der Waals surface area contributed by atoms with Crippen LogP contribution in [0.2, 0.25) is 0 Å². The summed E-state index contributed by atoms with van der Waals surface area (Å²) < 4.78 is 22.9. The van der Waals surface area contributed by atoms with Gasteiger partial charge in [0.15, 0.2) is 9.84 Å². The Bertz CT molecular complexity index is 506. The Morgan fingerprint density at radius 2 is 2.16 bits per heavy atom. The van der Waals surface area contributed by atoms with Crippen molar-refractivity contribution in [2.45, 2.75) is 24.9 Å². The number of urea groups is 1. The van der Waals surface area contributed by atoms with Crippen LogP contribution in [0.25, 0.3) is 0 Å². The van der Waals surface area contributed by atoms with E-state index in [0.717, 1.165) is 0 Å². The van der Waals surface area contributed by atoms with E-state index in [-0.39, 0.29) is 11.5 Å². The van der Waals surface area contributed by atoms with Gasteiger partial charge in [-0.05, 0) is 13.3 Å². The molecule has 2 heterocycles. The number of carboxylic acid groups (broad SMARTS) is 1. The lowest BCUT2D eigenvalue weighted by atomic mass is 10.0. The van der Waals surface area contributed by atoms with Crippen molar-refractivity contribution in [3.05, 3.63) is 0 Å². The van der Waals surface area contributed by atoms with Gasteiger partial charge in [-0.2, -0.15) is 0 Å². The molecule has 0 bridgehead atoms. The molecule has 2 N–H and O–H groups in total. The third-order valence-corrected chi connectivity index (χ3v) is 6.26. The maximum atomic E-state index is 12.1. The fraction of sp³-hybridized carbons (Fsp3) is 0.800. The molecular weight excluding hydrogens is 292 g/mol. The van der Waals surface area contributed by atoms with Gasteiger partial charge >= 0.3 is 12.0 Å². The van der Waals surface area contributed by atoms with Gasteiger partial charge < -0.3 is 15.3 Å². The Kier molecular flexibility index (Phi) is 3.69. The van der Waals surface area contributed by atoms with Crippen LogP contribution in [0.1, 0.15) is 13.3 Å². The summed E-state index contributed by atoms with van der Waals surface area (Å²) in [6.45, 7) is 1.68. The highest BCUT2D eigenvalue weighted by Crippen LogP contribution is 2.25. The predicted octanol–water partition coefficient (Wildman–Crippen LogP) is -0.267. The lowest BCUT2D eigenvalue weighted by Crippen LogP contribution is -2.55. The van der Waals surface area contributed by atoms with Crippen LogP contribution in [0.15, 0.2) is 0 Å². The largest absolute Gasteiger partial charge is 0.480 e. The summed E-state index contributed by atoms with van der Waals surface area (Å²) in [4.78, 5) is 24.3. The van der Waals surface area contributed by atoms with E-state index in [0.29, 0.717) is 18.1 Å². The first kappa shape index (κ1) is 14.4. The van der Waals surface area contributed by atoms with Gasteiger partial charge in [0, 0.05) is 5.75 Å². The zero-order valence-corrected chi connectivity index (χ0v) is 12.1. The van der Waals surface area contributed by atoms with E-state index >= 15 is 0 Å². The van der Waals surface area contributed by atoms with Crippen LogP contribution in [0.4, 0.5) is 4.79 Å². The molecule has 0 aromatic heterocycles. The molecule has 0 saturated carbocycles. The summed E-state index contributed by atoms with van der Waals surface area (Å²) in [5, 5.41) is 11.7. The first-order chi connectivity index (χ1) is 8.72. The number of nitrogens with one attached hydrogen (secondary N) is 1. The Hall–Kier alpha value is -0.960. The topological polar surface area (TPSA) is 104 Å². The third kappa shape index (κ3) is 3.14. The number of rotatable bonds is 2. The minimum absolute atomic E-state index is 0.0564. The molecule has 0 aromatic carbocycles. The predicted molar refractivity (Wildman–Crippen MR) is 70.8 cm³/mol. The van der Waals surface area contributed by atoms with Gasteiger partial charge in [-0.3, -0.25) is 0 Å². The van der Waals surface area contributed by atoms with E-state index in [1.165, 1.54) is 16.7 Å². The van der Waals surface area contributed by atoms with E-state index in [2.05, 4.69) is 5.32 Å². The summed E-state index contributed by atoms with van der Waals surface area (Å²) >= 11 is 1.37. The summed E-state index contributed by atoms with van der Waals surface area (Å²) in [6, 6.07) is -1.34. The average Bonchev–Trinajstić information content (AvgIpc) is 2.83. The zero-order valence-electron chi connectivity index (χ0n) is 10.5. The minimum Gasteiger partial charge on any atom is -0.480 e. The smallest absolute Gasteiger partial charge is 0.327 e. The molecule has 2 saturated heterocycles. The van der Waals surface area contributed by atoms with E-state index in [9.17, 15) is 18.0 Å². The van der Waals surface area contributed by atoms with Crippen LogP contribution in [0.5, 0.6) is 0 Å². The maximum Gasteiger partial charge on any atom is 0.327 e. The summed E-state index contributed by atoms with van der Waals surface area (Å²) in [6.07, 6.45) is 0.361. The SMILES string of the molecule is CC1(NC(=O)N2CSC[C@H]2C(=O)O)CCS(=O)(=O)C1. The summed E-state index contributed by atoms with van der Waals surface area (Å²) in [5.74, 6) is -0.404. The summed E-state index contributed by atoms with van der Waals surface area (Å²) in [7, 11) is -3.11. The second kappa shape index (κ2) is 4.86. The van der Waals surface area contributed by atoms with Gasteiger partial charge in [0.1, 0.15) is 6.04 Å². The standard InChI is InChI=1S/C10H16N2O5S2/c1-10(2-3-19(16,17)5-10)11-9(15)12-6-18-4-7(12)8(13)14/h7H,2-6H2,1H3,(H,11,15)(H,13,14)/t7-,10?/m0/s1. The molecule has 2 aliphatic rings. The highest BCUT2D eigenvalue weighted by atomic mass is 32.2. The van der Waals surface area contributed by atoms with E-state index in [1.54, 1.807) is 6.92 Å². The molecule has 2 atom stereocenters. The van der Waals surface area contributed by atoms with Crippen molar-refractivity contribution in [2.75, 3.05) is 23.1 Å². The molecule has 7 nitrogen and oxygen atoms in total. The monoisotopic (exact) mass is 308 g/mol. The second-order valence-corrected chi connectivity index (χ2v) is 8.34. The highest BCUT2D eigenvalue weighted by Gasteiger charge is 2.42. The molecule has 0 aliphatic carbocycles. The van der Waals surface area contributed by atoms with Crippen molar-refractivity contribution in [1.82, 2.24) is 10.2 Å². The fourth-order valence-corrected chi connectivity index (χ4v) is 5.52. The second-order valence-electron chi connectivity index (χ2n) is 5.16. The van der Waals surface area contributed by atoms with Gasteiger partial charge in [0.25, 0.3) is 0 Å². The average molecular weight is 308 g/mol. The molecule has 2 aliphatic heterocycles. The first-order valence-electron chi connectivity index (χ1n) is 5.82. The van der Waals surface area contributed by atoms with E-state index in [1.807, 2.05) is 0 Å². The molecule has 0 spiro atoms. The van der Waals surface area contributed by atoms with Crippen LogP contribution in [-0.4, -0.2) is 65.1 Å². The minimum atomic E-state index is -3.11. The number of hydrogen-bond donors (Lipinski definition) is 2. The van der Waals surface area contributed by atoms with Crippen LogP contribution in [0.3, 0.4) is 0 Å². The quantitative estimate of drug-likeness (QED) is 0.728. The van der Waals surface area contributed by atoms with Crippen molar-refractivity contribution in [1.29, 1.82) is 0 Å². The Labute approximate surface area is 115 Å².